The molecule has 0 fully saturated rings. The monoisotopic (exact) mass is 228 g/mol. The minimum absolute atomic E-state index is 0. The molecule has 0 amide bonds. The standard InChI is InChI=1S/C11H16N2O.ClH/c1-2-6-11(12-7-3-1)13-9-10-5-4-8-14-10;/h4-5,8H,1-3,6-7,9H2,(H,12,13);1H. The van der Waals surface area contributed by atoms with Gasteiger partial charge in [0.15, 0.2) is 0 Å². The first-order valence-corrected chi connectivity index (χ1v) is 5.25. The number of nitrogens with zero attached hydrogens (tertiary/aromatic N) is 1. The van der Waals surface area contributed by atoms with E-state index in [4.69, 9.17) is 4.42 Å². The van der Waals surface area contributed by atoms with Crippen molar-refractivity contribution in [3.05, 3.63) is 24.2 Å². The van der Waals surface area contributed by atoms with Gasteiger partial charge >= 0.3 is 0 Å². The second-order valence-corrected chi connectivity index (χ2v) is 3.57. The molecular formula is C11H17ClN2O. The van der Waals surface area contributed by atoms with Gasteiger partial charge in [-0.1, -0.05) is 6.42 Å². The smallest absolute Gasteiger partial charge is 0.122 e. The number of aliphatic imine (C=N–C) groups is 1. The van der Waals surface area contributed by atoms with Gasteiger partial charge in [-0.2, -0.15) is 0 Å². The molecule has 1 N–H and O–H groups in total. The molecule has 2 rings (SSSR count). The molecule has 0 radical (unpaired) electrons. The molecule has 2 heterocycles. The lowest BCUT2D eigenvalue weighted by Crippen LogP contribution is -2.22. The molecule has 0 aliphatic carbocycles. The largest absolute Gasteiger partial charge is 0.467 e. The van der Waals surface area contributed by atoms with Crippen molar-refractivity contribution in [2.75, 3.05) is 6.54 Å². The van der Waals surface area contributed by atoms with Crippen molar-refractivity contribution in [1.82, 2.24) is 5.32 Å². The molecule has 4 heteroatoms. The Bertz CT molecular complexity index is 296. The third-order valence-electron chi connectivity index (χ3n) is 2.42. The van der Waals surface area contributed by atoms with Crippen LogP contribution < -0.4 is 5.32 Å². The van der Waals surface area contributed by atoms with Crippen molar-refractivity contribution < 1.29 is 4.42 Å². The first kappa shape index (κ1) is 12.1. The molecule has 1 aliphatic rings. The maximum absolute atomic E-state index is 5.24. The maximum Gasteiger partial charge on any atom is 0.122 e. The van der Waals surface area contributed by atoms with Gasteiger partial charge in [0.2, 0.25) is 0 Å². The average molecular weight is 229 g/mol. The van der Waals surface area contributed by atoms with E-state index in [0.29, 0.717) is 0 Å². The van der Waals surface area contributed by atoms with Crippen molar-refractivity contribution in [3.8, 4) is 0 Å². The predicted octanol–water partition coefficient (Wildman–Crippen LogP) is 2.76. The zero-order chi connectivity index (χ0) is 9.64. The highest BCUT2D eigenvalue weighted by molar-refractivity contribution is 5.85. The highest BCUT2D eigenvalue weighted by Crippen LogP contribution is 2.07. The molecule has 0 bridgehead atoms. The Morgan fingerprint density at radius 1 is 1.33 bits per heavy atom. The third-order valence-corrected chi connectivity index (χ3v) is 2.42. The van der Waals surface area contributed by atoms with E-state index in [0.717, 1.165) is 31.1 Å². The van der Waals surface area contributed by atoms with E-state index in [1.54, 1.807) is 6.26 Å². The van der Waals surface area contributed by atoms with E-state index in [2.05, 4.69) is 10.3 Å². The van der Waals surface area contributed by atoms with Gasteiger partial charge in [-0.25, -0.2) is 0 Å². The normalized spacial score (nSPS) is 16.1. The van der Waals surface area contributed by atoms with Gasteiger partial charge in [-0.15, -0.1) is 12.4 Å². The molecule has 1 aromatic heterocycles. The van der Waals surface area contributed by atoms with Gasteiger partial charge in [0.05, 0.1) is 18.6 Å². The maximum atomic E-state index is 5.24. The fourth-order valence-electron chi connectivity index (χ4n) is 1.62. The third kappa shape index (κ3) is 3.96. The van der Waals surface area contributed by atoms with Gasteiger partial charge in [0.25, 0.3) is 0 Å². The summed E-state index contributed by atoms with van der Waals surface area (Å²) in [5, 5.41) is 3.32. The molecule has 0 saturated carbocycles. The molecule has 15 heavy (non-hydrogen) atoms. The topological polar surface area (TPSA) is 37.5 Å². The van der Waals surface area contributed by atoms with Crippen molar-refractivity contribution in [2.24, 2.45) is 4.99 Å². The quantitative estimate of drug-likeness (QED) is 0.845. The van der Waals surface area contributed by atoms with Crippen LogP contribution in [0.3, 0.4) is 0 Å². The Morgan fingerprint density at radius 3 is 3.07 bits per heavy atom. The summed E-state index contributed by atoms with van der Waals surface area (Å²) in [4.78, 5) is 4.49. The molecular weight excluding hydrogens is 212 g/mol. The first-order valence-electron chi connectivity index (χ1n) is 5.25. The lowest BCUT2D eigenvalue weighted by molar-refractivity contribution is 0.502. The first-order chi connectivity index (χ1) is 6.95. The van der Waals surface area contributed by atoms with E-state index < -0.39 is 0 Å². The number of hydrogen-bond acceptors (Lipinski definition) is 3. The van der Waals surface area contributed by atoms with E-state index in [1.165, 1.54) is 19.3 Å². The summed E-state index contributed by atoms with van der Waals surface area (Å²) in [5.74, 6) is 2.11. The summed E-state index contributed by atoms with van der Waals surface area (Å²) in [6.07, 6.45) is 6.57. The van der Waals surface area contributed by atoms with Crippen LogP contribution in [0.5, 0.6) is 0 Å². The number of furan rings is 1. The lowest BCUT2D eigenvalue weighted by Gasteiger charge is -2.05. The number of hydrogen-bond donors (Lipinski definition) is 1. The number of nitrogens with one attached hydrogen (secondary N) is 1. The summed E-state index contributed by atoms with van der Waals surface area (Å²) in [5.41, 5.74) is 0. The SMILES string of the molecule is Cl.c1coc(CNC2=NCCCCC2)c1. The van der Waals surface area contributed by atoms with E-state index in [1.807, 2.05) is 12.1 Å². The van der Waals surface area contributed by atoms with Crippen LogP contribution in [-0.4, -0.2) is 12.4 Å². The fourth-order valence-corrected chi connectivity index (χ4v) is 1.62. The molecule has 0 atom stereocenters. The van der Waals surface area contributed by atoms with Crippen LogP contribution in [0.1, 0.15) is 31.4 Å². The molecule has 0 saturated heterocycles. The highest BCUT2D eigenvalue weighted by Gasteiger charge is 2.04. The van der Waals surface area contributed by atoms with Crippen LogP contribution in [0.15, 0.2) is 27.8 Å². The summed E-state index contributed by atoms with van der Waals surface area (Å²) < 4.78 is 5.24. The Balaban J connectivity index is 0.00000112. The van der Waals surface area contributed by atoms with Crippen LogP contribution in [0, 0.1) is 0 Å². The minimum Gasteiger partial charge on any atom is -0.467 e. The Morgan fingerprint density at radius 2 is 2.27 bits per heavy atom. The summed E-state index contributed by atoms with van der Waals surface area (Å²) >= 11 is 0. The van der Waals surface area contributed by atoms with E-state index in [9.17, 15) is 0 Å². The molecule has 0 spiro atoms. The van der Waals surface area contributed by atoms with Crippen LogP contribution >= 0.6 is 12.4 Å². The highest BCUT2D eigenvalue weighted by atomic mass is 35.5. The van der Waals surface area contributed by atoms with Gasteiger partial charge in [0, 0.05) is 13.0 Å². The zero-order valence-corrected chi connectivity index (χ0v) is 9.55. The second kappa shape index (κ2) is 6.51. The number of rotatable bonds is 2. The van der Waals surface area contributed by atoms with Gasteiger partial charge in [0.1, 0.15) is 5.76 Å². The van der Waals surface area contributed by atoms with Gasteiger partial charge < -0.3 is 9.73 Å². The minimum atomic E-state index is 0. The predicted molar refractivity (Wildman–Crippen MR) is 63.6 cm³/mol. The molecule has 0 aromatic carbocycles. The summed E-state index contributed by atoms with van der Waals surface area (Å²) in [6.45, 7) is 1.73. The van der Waals surface area contributed by atoms with Crippen molar-refractivity contribution in [2.45, 2.75) is 32.2 Å². The second-order valence-electron chi connectivity index (χ2n) is 3.57. The van der Waals surface area contributed by atoms with Gasteiger partial charge in [-0.05, 0) is 25.0 Å². The van der Waals surface area contributed by atoms with Crippen LogP contribution in [0.4, 0.5) is 0 Å². The van der Waals surface area contributed by atoms with Crippen molar-refractivity contribution in [3.63, 3.8) is 0 Å². The summed E-state index contributed by atoms with van der Waals surface area (Å²) in [6, 6.07) is 3.89. The van der Waals surface area contributed by atoms with E-state index in [-0.39, 0.29) is 12.4 Å². The molecule has 0 unspecified atom stereocenters. The summed E-state index contributed by atoms with van der Waals surface area (Å²) in [7, 11) is 0. The molecule has 84 valence electrons. The molecule has 1 aromatic rings. The Labute approximate surface area is 96.4 Å². The zero-order valence-electron chi connectivity index (χ0n) is 8.74. The Hall–Kier alpha value is -0.960. The van der Waals surface area contributed by atoms with Crippen molar-refractivity contribution >= 4 is 18.2 Å². The van der Waals surface area contributed by atoms with Gasteiger partial charge in [-0.3, -0.25) is 4.99 Å². The molecule has 1 aliphatic heterocycles. The number of halogens is 1. The van der Waals surface area contributed by atoms with Crippen LogP contribution in [0.25, 0.3) is 0 Å². The lowest BCUT2D eigenvalue weighted by atomic mass is 10.2. The average Bonchev–Trinajstić information content (AvgIpc) is 2.58. The van der Waals surface area contributed by atoms with Crippen molar-refractivity contribution in [1.29, 1.82) is 0 Å². The number of amidine groups is 1. The molecule has 3 nitrogen and oxygen atoms in total. The fraction of sp³-hybridized carbons (Fsp3) is 0.545. The van der Waals surface area contributed by atoms with Crippen LogP contribution in [0.2, 0.25) is 0 Å². The Kier molecular flexibility index (Phi) is 5.26. The van der Waals surface area contributed by atoms with E-state index >= 15 is 0 Å². The van der Waals surface area contributed by atoms with Crippen LogP contribution in [-0.2, 0) is 6.54 Å².